The van der Waals surface area contributed by atoms with Crippen LogP contribution in [0.2, 0.25) is 0 Å². The van der Waals surface area contributed by atoms with Crippen molar-refractivity contribution in [2.24, 2.45) is 5.73 Å². The molecular weight excluding hydrogens is 264 g/mol. The molecule has 1 rings (SSSR count). The molecule has 0 unspecified atom stereocenters. The summed E-state index contributed by atoms with van der Waals surface area (Å²) in [6.45, 7) is 1.44. The maximum Gasteiger partial charge on any atom is 0.279 e. The van der Waals surface area contributed by atoms with Gasteiger partial charge >= 0.3 is 0 Å². The Balaban J connectivity index is 2.58. The molecule has 0 spiro atoms. The Labute approximate surface area is 117 Å². The molecule has 6 nitrogen and oxygen atoms in total. The topological polar surface area (TPSA) is 78.7 Å². The van der Waals surface area contributed by atoms with Gasteiger partial charge < -0.3 is 10.6 Å². The quantitative estimate of drug-likeness (QED) is 0.659. The summed E-state index contributed by atoms with van der Waals surface area (Å²) in [4.78, 5) is 2.16. The molecule has 1 aliphatic carbocycles. The van der Waals surface area contributed by atoms with Gasteiger partial charge in [-0.2, -0.15) is 12.7 Å². The van der Waals surface area contributed by atoms with Crippen molar-refractivity contribution in [1.82, 2.24) is 13.9 Å². The van der Waals surface area contributed by atoms with Crippen LogP contribution in [0.4, 0.5) is 0 Å². The van der Waals surface area contributed by atoms with Gasteiger partial charge in [-0.3, -0.25) is 0 Å². The van der Waals surface area contributed by atoms with E-state index in [4.69, 9.17) is 5.73 Å². The van der Waals surface area contributed by atoms with Crippen LogP contribution < -0.4 is 10.5 Å². The Bertz CT molecular complexity index is 364. The fourth-order valence-electron chi connectivity index (χ4n) is 2.59. The van der Waals surface area contributed by atoms with Crippen molar-refractivity contribution in [3.63, 3.8) is 0 Å². The number of nitrogens with one attached hydrogen (secondary N) is 1. The molecule has 0 atom stereocenters. The van der Waals surface area contributed by atoms with E-state index >= 15 is 0 Å². The fraction of sp³-hybridized carbons (Fsp3) is 1.00. The maximum absolute atomic E-state index is 12.1. The summed E-state index contributed by atoms with van der Waals surface area (Å²) in [7, 11) is 2.25. The molecule has 0 radical (unpaired) electrons. The molecule has 0 aliphatic heterocycles. The van der Waals surface area contributed by atoms with Crippen molar-refractivity contribution >= 4 is 10.2 Å². The Morgan fingerprint density at radius 3 is 2.26 bits per heavy atom. The van der Waals surface area contributed by atoms with E-state index < -0.39 is 10.2 Å². The second kappa shape index (κ2) is 6.99. The second-order valence-electron chi connectivity index (χ2n) is 5.62. The third-order valence-electron chi connectivity index (χ3n) is 4.15. The molecule has 0 amide bonds. The van der Waals surface area contributed by atoms with Crippen LogP contribution in [0, 0.1) is 0 Å². The van der Waals surface area contributed by atoms with Crippen molar-refractivity contribution in [3.05, 3.63) is 0 Å². The summed E-state index contributed by atoms with van der Waals surface area (Å²) in [6, 6.07) is 0. The first kappa shape index (κ1) is 16.8. The third kappa shape index (κ3) is 4.39. The van der Waals surface area contributed by atoms with Gasteiger partial charge in [0.05, 0.1) is 0 Å². The monoisotopic (exact) mass is 292 g/mol. The maximum atomic E-state index is 12.1. The highest BCUT2D eigenvalue weighted by Crippen LogP contribution is 2.33. The number of nitrogens with zero attached hydrogens (tertiary/aromatic N) is 2. The van der Waals surface area contributed by atoms with E-state index in [0.717, 1.165) is 12.8 Å². The van der Waals surface area contributed by atoms with Crippen LogP contribution in [-0.2, 0) is 10.2 Å². The predicted octanol–water partition coefficient (Wildman–Crippen LogP) is -0.0242. The molecular formula is C12H28N4O2S. The van der Waals surface area contributed by atoms with Gasteiger partial charge in [-0.05, 0) is 39.9 Å². The Kier molecular flexibility index (Phi) is 6.19. The lowest BCUT2D eigenvalue weighted by Gasteiger charge is -2.36. The van der Waals surface area contributed by atoms with Crippen LogP contribution in [0.5, 0.6) is 0 Å². The van der Waals surface area contributed by atoms with Crippen molar-refractivity contribution in [2.45, 2.75) is 37.6 Å². The summed E-state index contributed by atoms with van der Waals surface area (Å²) in [5.41, 5.74) is 5.38. The summed E-state index contributed by atoms with van der Waals surface area (Å²) in [6.07, 6.45) is 5.12. The van der Waals surface area contributed by atoms with Crippen LogP contribution in [0.3, 0.4) is 0 Å². The summed E-state index contributed by atoms with van der Waals surface area (Å²) in [5, 5.41) is 0. The molecule has 1 fully saturated rings. The van der Waals surface area contributed by atoms with Crippen molar-refractivity contribution in [1.29, 1.82) is 0 Å². The minimum atomic E-state index is -3.39. The van der Waals surface area contributed by atoms with E-state index in [1.165, 1.54) is 17.1 Å². The molecule has 114 valence electrons. The van der Waals surface area contributed by atoms with Gasteiger partial charge in [-0.25, -0.2) is 4.72 Å². The minimum Gasteiger partial charge on any atom is -0.330 e. The first-order valence-corrected chi connectivity index (χ1v) is 8.36. The van der Waals surface area contributed by atoms with Gasteiger partial charge in [0, 0.05) is 25.7 Å². The van der Waals surface area contributed by atoms with E-state index in [-0.39, 0.29) is 5.54 Å². The average Bonchev–Trinajstić information content (AvgIpc) is 2.83. The van der Waals surface area contributed by atoms with Gasteiger partial charge in [0.1, 0.15) is 0 Å². The molecule has 0 aromatic heterocycles. The van der Waals surface area contributed by atoms with Gasteiger partial charge in [0.15, 0.2) is 0 Å². The molecule has 3 N–H and O–H groups in total. The lowest BCUT2D eigenvalue weighted by atomic mass is 9.97. The fourth-order valence-corrected chi connectivity index (χ4v) is 3.63. The Hall–Kier alpha value is -0.210. The molecule has 7 heteroatoms. The normalized spacial score (nSPS) is 19.5. The predicted molar refractivity (Wildman–Crippen MR) is 78.1 cm³/mol. The standard InChI is InChI=1S/C12H28N4O2S/c1-15(2)12(7-4-5-8-12)11-14-19(17,18)16(3)10-6-9-13/h14H,4-11,13H2,1-3H3. The molecule has 0 saturated heterocycles. The van der Waals surface area contributed by atoms with Crippen LogP contribution in [0.25, 0.3) is 0 Å². The van der Waals surface area contributed by atoms with Gasteiger partial charge in [-0.15, -0.1) is 0 Å². The molecule has 0 bridgehead atoms. The molecule has 0 heterocycles. The number of hydrogen-bond acceptors (Lipinski definition) is 4. The molecule has 1 aliphatic rings. The molecule has 0 aromatic rings. The van der Waals surface area contributed by atoms with E-state index in [9.17, 15) is 8.42 Å². The van der Waals surface area contributed by atoms with Gasteiger partial charge in [0.25, 0.3) is 10.2 Å². The number of nitrogens with two attached hydrogens (primary N) is 1. The van der Waals surface area contributed by atoms with E-state index in [2.05, 4.69) is 9.62 Å². The van der Waals surface area contributed by atoms with E-state index in [0.29, 0.717) is 26.1 Å². The third-order valence-corrected chi connectivity index (χ3v) is 5.67. The lowest BCUT2D eigenvalue weighted by molar-refractivity contribution is 0.161. The zero-order chi connectivity index (χ0) is 14.5. The van der Waals surface area contributed by atoms with Crippen LogP contribution in [0.15, 0.2) is 0 Å². The van der Waals surface area contributed by atoms with Crippen molar-refractivity contribution in [2.75, 3.05) is 40.8 Å². The zero-order valence-electron chi connectivity index (χ0n) is 12.4. The first-order chi connectivity index (χ1) is 8.84. The van der Waals surface area contributed by atoms with Crippen LogP contribution in [0.1, 0.15) is 32.1 Å². The largest absolute Gasteiger partial charge is 0.330 e. The summed E-state index contributed by atoms with van der Waals surface area (Å²) in [5.74, 6) is 0. The Morgan fingerprint density at radius 2 is 1.79 bits per heavy atom. The summed E-state index contributed by atoms with van der Waals surface area (Å²) >= 11 is 0. The second-order valence-corrected chi connectivity index (χ2v) is 7.48. The highest BCUT2D eigenvalue weighted by atomic mass is 32.2. The van der Waals surface area contributed by atoms with Crippen LogP contribution in [-0.4, -0.2) is 63.9 Å². The SMILES string of the molecule is CN(C)C1(CNS(=O)(=O)N(C)CCCN)CCCC1. The van der Waals surface area contributed by atoms with Crippen LogP contribution >= 0.6 is 0 Å². The minimum absolute atomic E-state index is 0.0260. The zero-order valence-corrected chi connectivity index (χ0v) is 13.2. The number of hydrogen-bond donors (Lipinski definition) is 2. The van der Waals surface area contributed by atoms with Gasteiger partial charge in [-0.1, -0.05) is 12.8 Å². The van der Waals surface area contributed by atoms with Gasteiger partial charge in [0.2, 0.25) is 0 Å². The molecule has 1 saturated carbocycles. The lowest BCUT2D eigenvalue weighted by Crippen LogP contribution is -2.52. The number of likely N-dealkylation sites (N-methyl/N-ethyl adjacent to an activating group) is 1. The average molecular weight is 292 g/mol. The molecule has 0 aromatic carbocycles. The smallest absolute Gasteiger partial charge is 0.279 e. The number of rotatable bonds is 8. The highest BCUT2D eigenvalue weighted by Gasteiger charge is 2.37. The van der Waals surface area contributed by atoms with E-state index in [1.54, 1.807) is 7.05 Å². The highest BCUT2D eigenvalue weighted by molar-refractivity contribution is 7.87. The van der Waals surface area contributed by atoms with Crippen molar-refractivity contribution < 1.29 is 8.42 Å². The van der Waals surface area contributed by atoms with E-state index in [1.807, 2.05) is 14.1 Å². The van der Waals surface area contributed by atoms with Crippen molar-refractivity contribution in [3.8, 4) is 0 Å². The molecule has 19 heavy (non-hydrogen) atoms. The Morgan fingerprint density at radius 1 is 1.21 bits per heavy atom. The summed E-state index contributed by atoms with van der Waals surface area (Å²) < 4.78 is 28.3. The first-order valence-electron chi connectivity index (χ1n) is 6.92.